The van der Waals surface area contributed by atoms with Crippen LogP contribution in [0.2, 0.25) is 0 Å². The number of amides is 2. The van der Waals surface area contributed by atoms with Crippen molar-refractivity contribution in [3.05, 3.63) is 78.9 Å². The largest absolute Gasteiger partial charge is 0.455 e. The molecule has 0 aromatic heterocycles. The lowest BCUT2D eigenvalue weighted by Gasteiger charge is -2.24. The zero-order valence-corrected chi connectivity index (χ0v) is 19.5. The summed E-state index contributed by atoms with van der Waals surface area (Å²) >= 11 is 0. The fraction of sp³-hybridized carbons (Fsp3) is 0.200. The zero-order valence-electron chi connectivity index (χ0n) is 18.7. The minimum Gasteiger partial charge on any atom is -0.455 e. The molecule has 3 aromatic rings. The highest BCUT2D eigenvalue weighted by Crippen LogP contribution is 2.33. The van der Waals surface area contributed by atoms with Crippen LogP contribution in [-0.4, -0.2) is 39.6 Å². The van der Waals surface area contributed by atoms with Crippen molar-refractivity contribution < 1.29 is 22.7 Å². The first-order valence-corrected chi connectivity index (χ1v) is 12.7. The normalized spacial score (nSPS) is 13.6. The summed E-state index contributed by atoms with van der Waals surface area (Å²) in [5.74, 6) is 0.429. The lowest BCUT2D eigenvalue weighted by molar-refractivity contribution is -0.117. The molecule has 0 radical (unpaired) electrons. The molecule has 1 aliphatic rings. The number of rotatable bonds is 8. The minimum absolute atomic E-state index is 0.0805. The summed E-state index contributed by atoms with van der Waals surface area (Å²) in [5.41, 5.74) is 1.53. The summed E-state index contributed by atoms with van der Waals surface area (Å²) in [4.78, 5) is 26.4. The monoisotopic (exact) mass is 479 g/mol. The predicted molar refractivity (Wildman–Crippen MR) is 132 cm³/mol. The van der Waals surface area contributed by atoms with Crippen molar-refractivity contribution in [1.29, 1.82) is 0 Å². The fourth-order valence-electron chi connectivity index (χ4n) is 3.72. The van der Waals surface area contributed by atoms with Crippen molar-refractivity contribution in [2.75, 3.05) is 33.9 Å². The van der Waals surface area contributed by atoms with E-state index in [2.05, 4.69) is 5.32 Å². The molecule has 34 heavy (non-hydrogen) atoms. The number of sulfonamides is 1. The van der Waals surface area contributed by atoms with E-state index in [0.29, 0.717) is 30.2 Å². The Morgan fingerprint density at radius 1 is 1.00 bits per heavy atom. The molecule has 0 unspecified atom stereocenters. The molecule has 1 aliphatic heterocycles. The van der Waals surface area contributed by atoms with E-state index in [4.69, 9.17) is 4.74 Å². The van der Waals surface area contributed by atoms with E-state index >= 15 is 0 Å². The zero-order chi connectivity index (χ0) is 24.1. The van der Waals surface area contributed by atoms with Gasteiger partial charge in [-0.1, -0.05) is 30.3 Å². The van der Waals surface area contributed by atoms with Crippen LogP contribution in [0.3, 0.4) is 0 Å². The summed E-state index contributed by atoms with van der Waals surface area (Å²) in [7, 11) is -3.80. The number of para-hydroxylation sites is 3. The first kappa shape index (κ1) is 23.3. The first-order chi connectivity index (χ1) is 16.3. The number of hydrogen-bond acceptors (Lipinski definition) is 5. The van der Waals surface area contributed by atoms with E-state index in [1.807, 2.05) is 18.2 Å². The number of nitrogens with one attached hydrogen (secondary N) is 1. The predicted octanol–water partition coefficient (Wildman–Crippen LogP) is 4.01. The Kier molecular flexibility index (Phi) is 6.83. The quantitative estimate of drug-likeness (QED) is 0.527. The summed E-state index contributed by atoms with van der Waals surface area (Å²) < 4.78 is 32.1. The van der Waals surface area contributed by atoms with E-state index in [-0.39, 0.29) is 11.6 Å². The standard InChI is InChI=1S/C25H25N3O5S/c1-34(31,32)28(22-10-5-6-11-23(22)33-21-8-3-2-4-9-21)18-24(29)26-19-13-15-20(16-14-19)27-17-7-12-25(27)30/h2-6,8-11,13-16H,7,12,17-18H2,1H3,(H,26,29). The highest BCUT2D eigenvalue weighted by molar-refractivity contribution is 7.92. The van der Waals surface area contributed by atoms with Gasteiger partial charge in [0.25, 0.3) is 0 Å². The molecule has 1 N–H and O–H groups in total. The van der Waals surface area contributed by atoms with Crippen molar-refractivity contribution in [2.24, 2.45) is 0 Å². The third kappa shape index (κ3) is 5.55. The Balaban J connectivity index is 1.50. The van der Waals surface area contributed by atoms with Gasteiger partial charge >= 0.3 is 0 Å². The highest BCUT2D eigenvalue weighted by atomic mass is 32.2. The molecule has 1 saturated heterocycles. The molecular weight excluding hydrogens is 454 g/mol. The molecule has 1 fully saturated rings. The molecule has 0 saturated carbocycles. The van der Waals surface area contributed by atoms with E-state index < -0.39 is 22.5 Å². The van der Waals surface area contributed by atoms with Gasteiger partial charge in [0.1, 0.15) is 12.3 Å². The number of nitrogens with zero attached hydrogens (tertiary/aromatic N) is 2. The molecule has 1 heterocycles. The maximum Gasteiger partial charge on any atom is 0.245 e. The molecule has 9 heteroatoms. The molecule has 2 amide bonds. The van der Waals surface area contributed by atoms with Gasteiger partial charge in [-0.15, -0.1) is 0 Å². The van der Waals surface area contributed by atoms with E-state index in [1.54, 1.807) is 65.6 Å². The van der Waals surface area contributed by atoms with Crippen LogP contribution in [0.15, 0.2) is 78.9 Å². The smallest absolute Gasteiger partial charge is 0.245 e. The maximum absolute atomic E-state index is 12.8. The second kappa shape index (κ2) is 9.96. The molecule has 4 rings (SSSR count). The van der Waals surface area contributed by atoms with Gasteiger partial charge in [-0.05, 0) is 55.0 Å². The van der Waals surface area contributed by atoms with Gasteiger partial charge in [-0.2, -0.15) is 0 Å². The third-order valence-electron chi connectivity index (χ3n) is 5.33. The summed E-state index contributed by atoms with van der Waals surface area (Å²) in [6, 6.07) is 22.5. The third-order valence-corrected chi connectivity index (χ3v) is 6.46. The molecule has 176 valence electrons. The Hall–Kier alpha value is -3.85. The first-order valence-electron chi connectivity index (χ1n) is 10.8. The van der Waals surface area contributed by atoms with Gasteiger partial charge in [-0.3, -0.25) is 13.9 Å². The van der Waals surface area contributed by atoms with Crippen molar-refractivity contribution in [2.45, 2.75) is 12.8 Å². The molecular formula is C25H25N3O5S. The van der Waals surface area contributed by atoms with Gasteiger partial charge in [0, 0.05) is 24.3 Å². The topological polar surface area (TPSA) is 96.0 Å². The number of benzene rings is 3. The summed E-state index contributed by atoms with van der Waals surface area (Å²) in [6.45, 7) is 0.249. The lowest BCUT2D eigenvalue weighted by Crippen LogP contribution is -2.37. The SMILES string of the molecule is CS(=O)(=O)N(CC(=O)Nc1ccc(N2CCCC2=O)cc1)c1ccccc1Oc1ccccc1. The fourth-order valence-corrected chi connectivity index (χ4v) is 4.58. The van der Waals surface area contributed by atoms with E-state index in [0.717, 1.165) is 22.7 Å². The number of ether oxygens (including phenoxy) is 1. The van der Waals surface area contributed by atoms with Crippen molar-refractivity contribution in [3.63, 3.8) is 0 Å². The van der Waals surface area contributed by atoms with Crippen LogP contribution < -0.4 is 19.3 Å². The second-order valence-electron chi connectivity index (χ2n) is 7.90. The number of anilines is 3. The van der Waals surface area contributed by atoms with Crippen molar-refractivity contribution in [1.82, 2.24) is 0 Å². The van der Waals surface area contributed by atoms with Crippen molar-refractivity contribution >= 4 is 38.9 Å². The van der Waals surface area contributed by atoms with Crippen LogP contribution in [0.5, 0.6) is 11.5 Å². The Morgan fingerprint density at radius 3 is 2.32 bits per heavy atom. The number of carbonyl (C=O) groups excluding carboxylic acids is 2. The van der Waals surface area contributed by atoms with Crippen LogP contribution >= 0.6 is 0 Å². The summed E-state index contributed by atoms with van der Waals surface area (Å²) in [5, 5.41) is 2.72. The van der Waals surface area contributed by atoms with Crippen molar-refractivity contribution in [3.8, 4) is 11.5 Å². The minimum atomic E-state index is -3.80. The molecule has 8 nitrogen and oxygen atoms in total. The van der Waals surface area contributed by atoms with E-state index in [1.165, 1.54) is 0 Å². The summed E-state index contributed by atoms with van der Waals surface area (Å²) in [6.07, 6.45) is 2.41. The molecule has 0 atom stereocenters. The van der Waals surface area contributed by atoms with E-state index in [9.17, 15) is 18.0 Å². The Bertz CT molecular complexity index is 1280. The Labute approximate surface area is 198 Å². The van der Waals surface area contributed by atoms with Gasteiger partial charge in [-0.25, -0.2) is 8.42 Å². The molecule has 0 bridgehead atoms. The van der Waals surface area contributed by atoms with Crippen LogP contribution in [0.25, 0.3) is 0 Å². The van der Waals surface area contributed by atoms with Crippen LogP contribution in [0.4, 0.5) is 17.1 Å². The van der Waals surface area contributed by atoms with Gasteiger partial charge < -0.3 is 15.0 Å². The average molecular weight is 480 g/mol. The van der Waals surface area contributed by atoms with Crippen LogP contribution in [-0.2, 0) is 19.6 Å². The van der Waals surface area contributed by atoms with Crippen LogP contribution in [0.1, 0.15) is 12.8 Å². The molecule has 3 aromatic carbocycles. The number of hydrogen-bond donors (Lipinski definition) is 1. The van der Waals surface area contributed by atoms with Gasteiger partial charge in [0.2, 0.25) is 21.8 Å². The van der Waals surface area contributed by atoms with Gasteiger partial charge in [0.05, 0.1) is 11.9 Å². The molecule has 0 spiro atoms. The lowest BCUT2D eigenvalue weighted by atomic mass is 10.2. The van der Waals surface area contributed by atoms with Gasteiger partial charge in [0.15, 0.2) is 5.75 Å². The number of carbonyl (C=O) groups is 2. The molecule has 0 aliphatic carbocycles. The highest BCUT2D eigenvalue weighted by Gasteiger charge is 2.25. The van der Waals surface area contributed by atoms with Crippen LogP contribution in [0, 0.1) is 0 Å². The Morgan fingerprint density at radius 2 is 1.68 bits per heavy atom. The maximum atomic E-state index is 12.8. The average Bonchev–Trinajstić information content (AvgIpc) is 3.24. The second-order valence-corrected chi connectivity index (χ2v) is 9.80.